The lowest BCUT2D eigenvalue weighted by Crippen LogP contribution is -2.23. The van der Waals surface area contributed by atoms with Crippen LogP contribution in [-0.4, -0.2) is 32.8 Å². The number of anilines is 1. The molecule has 0 saturated heterocycles. The predicted octanol–water partition coefficient (Wildman–Crippen LogP) is 2.76. The predicted molar refractivity (Wildman–Crippen MR) is 83.5 cm³/mol. The molecule has 0 unspecified atom stereocenters. The van der Waals surface area contributed by atoms with Gasteiger partial charge >= 0.3 is 0 Å². The van der Waals surface area contributed by atoms with Gasteiger partial charge in [0.2, 0.25) is 5.91 Å². The lowest BCUT2D eigenvalue weighted by atomic mass is 10.2. The molecule has 20 heavy (non-hydrogen) atoms. The average molecular weight is 311 g/mol. The number of aliphatic imine (C=N–C) groups is 1. The van der Waals surface area contributed by atoms with Gasteiger partial charge in [0.15, 0.2) is 0 Å². The molecule has 8 heteroatoms. The summed E-state index contributed by atoms with van der Waals surface area (Å²) < 4.78 is 0.898. The van der Waals surface area contributed by atoms with Crippen molar-refractivity contribution >= 4 is 45.2 Å². The molecule has 0 aromatic heterocycles. The lowest BCUT2D eigenvalue weighted by Gasteiger charge is -2.11. The second-order valence-electron chi connectivity index (χ2n) is 4.02. The van der Waals surface area contributed by atoms with Crippen LogP contribution >= 0.6 is 23.5 Å². The summed E-state index contributed by atoms with van der Waals surface area (Å²) in [6.07, 6.45) is 0. The molecule has 106 valence electrons. The Bertz CT molecular complexity index is 563. The number of para-hydroxylation sites is 2. The van der Waals surface area contributed by atoms with Crippen LogP contribution in [-0.2, 0) is 4.79 Å². The average Bonchev–Trinajstić information content (AvgIpc) is 2.91. The number of nitrogens with zero attached hydrogens (tertiary/aromatic N) is 2. The third-order valence-electron chi connectivity index (χ3n) is 2.56. The largest absolute Gasteiger partial charge is 0.319 e. The Kier molecular flexibility index (Phi) is 5.02. The van der Waals surface area contributed by atoms with Crippen LogP contribution in [0.15, 0.2) is 29.3 Å². The monoisotopic (exact) mass is 311 g/mol. The highest BCUT2D eigenvalue weighted by Crippen LogP contribution is 2.28. The van der Waals surface area contributed by atoms with Gasteiger partial charge in [0.1, 0.15) is 10.1 Å². The Morgan fingerprint density at radius 2 is 2.30 bits per heavy atom. The number of thioether (sulfide) groups is 2. The summed E-state index contributed by atoms with van der Waals surface area (Å²) >= 11 is 3.01. The minimum Gasteiger partial charge on any atom is -0.319 e. The Morgan fingerprint density at radius 3 is 2.95 bits per heavy atom. The van der Waals surface area contributed by atoms with E-state index in [0.29, 0.717) is 0 Å². The summed E-state index contributed by atoms with van der Waals surface area (Å²) in [5.41, 5.74) is 0.113. The van der Waals surface area contributed by atoms with Crippen molar-refractivity contribution in [3.63, 3.8) is 0 Å². The van der Waals surface area contributed by atoms with Crippen LogP contribution in [0.1, 0.15) is 6.92 Å². The van der Waals surface area contributed by atoms with Gasteiger partial charge in [-0.25, -0.2) is 0 Å². The van der Waals surface area contributed by atoms with Gasteiger partial charge in [-0.3, -0.25) is 19.9 Å². The Labute approximate surface area is 124 Å². The standard InChI is InChI=1S/C12H13N3O3S2/c1-8(20-12-13-6-7-19-12)11(16)14-9-4-2-3-5-10(9)15(17)18/h2-5,8H,6-7H2,1H3,(H,14,16)/t8-/m0/s1. The van der Waals surface area contributed by atoms with E-state index in [1.165, 1.54) is 23.9 Å². The maximum absolute atomic E-state index is 12.1. The molecule has 1 N–H and O–H groups in total. The van der Waals surface area contributed by atoms with Crippen molar-refractivity contribution in [2.24, 2.45) is 4.99 Å². The van der Waals surface area contributed by atoms with Crippen molar-refractivity contribution in [2.75, 3.05) is 17.6 Å². The number of nitro benzene ring substituents is 1. The van der Waals surface area contributed by atoms with E-state index in [1.54, 1.807) is 30.8 Å². The zero-order valence-electron chi connectivity index (χ0n) is 10.7. The topological polar surface area (TPSA) is 84.6 Å². The minimum absolute atomic E-state index is 0.106. The van der Waals surface area contributed by atoms with Crippen LogP contribution < -0.4 is 5.32 Å². The first-order chi connectivity index (χ1) is 9.58. The Hall–Kier alpha value is -1.54. The van der Waals surface area contributed by atoms with Crippen LogP contribution in [0, 0.1) is 10.1 Å². The van der Waals surface area contributed by atoms with E-state index < -0.39 is 4.92 Å². The Morgan fingerprint density at radius 1 is 1.55 bits per heavy atom. The van der Waals surface area contributed by atoms with E-state index in [4.69, 9.17) is 0 Å². The van der Waals surface area contributed by atoms with Gasteiger partial charge in [-0.15, -0.1) is 0 Å². The number of hydrogen-bond acceptors (Lipinski definition) is 6. The lowest BCUT2D eigenvalue weighted by molar-refractivity contribution is -0.383. The van der Waals surface area contributed by atoms with E-state index in [-0.39, 0.29) is 22.5 Å². The molecular weight excluding hydrogens is 298 g/mol. The summed E-state index contributed by atoms with van der Waals surface area (Å²) in [6.45, 7) is 2.54. The SMILES string of the molecule is C[C@H](SC1=NCCS1)C(=O)Nc1ccccc1[N+](=O)[O-]. The molecule has 0 bridgehead atoms. The molecule has 2 rings (SSSR count). The first kappa shape index (κ1) is 14.9. The molecule has 6 nitrogen and oxygen atoms in total. The molecule has 1 aromatic rings. The normalized spacial score (nSPS) is 15.6. The van der Waals surface area contributed by atoms with E-state index in [0.717, 1.165) is 16.7 Å². The first-order valence-electron chi connectivity index (χ1n) is 5.96. The van der Waals surface area contributed by atoms with Crippen molar-refractivity contribution < 1.29 is 9.72 Å². The summed E-state index contributed by atoms with van der Waals surface area (Å²) in [5.74, 6) is 0.681. The van der Waals surface area contributed by atoms with Crippen molar-refractivity contribution in [1.82, 2.24) is 0 Å². The summed E-state index contributed by atoms with van der Waals surface area (Å²) in [4.78, 5) is 26.7. The molecule has 0 saturated carbocycles. The van der Waals surface area contributed by atoms with Gasteiger partial charge in [-0.2, -0.15) is 0 Å². The molecule has 1 atom stereocenters. The van der Waals surface area contributed by atoms with Crippen LogP contribution in [0.3, 0.4) is 0 Å². The van der Waals surface area contributed by atoms with E-state index in [9.17, 15) is 14.9 Å². The van der Waals surface area contributed by atoms with Gasteiger partial charge in [0.05, 0.1) is 16.7 Å². The van der Waals surface area contributed by atoms with Crippen molar-refractivity contribution in [2.45, 2.75) is 12.2 Å². The maximum Gasteiger partial charge on any atom is 0.292 e. The minimum atomic E-state index is -0.510. The van der Waals surface area contributed by atoms with Crippen LogP contribution in [0.2, 0.25) is 0 Å². The van der Waals surface area contributed by atoms with Gasteiger partial charge in [-0.05, 0) is 13.0 Å². The highest BCUT2D eigenvalue weighted by molar-refractivity contribution is 8.39. The fourth-order valence-corrected chi connectivity index (χ4v) is 3.69. The van der Waals surface area contributed by atoms with E-state index in [2.05, 4.69) is 10.3 Å². The molecule has 0 spiro atoms. The van der Waals surface area contributed by atoms with E-state index in [1.807, 2.05) is 0 Å². The van der Waals surface area contributed by atoms with Gasteiger partial charge in [0, 0.05) is 11.8 Å². The zero-order chi connectivity index (χ0) is 14.5. The third-order valence-corrected chi connectivity index (χ3v) is 4.87. The van der Waals surface area contributed by atoms with Gasteiger partial charge in [0.25, 0.3) is 5.69 Å². The van der Waals surface area contributed by atoms with Crippen LogP contribution in [0.25, 0.3) is 0 Å². The van der Waals surface area contributed by atoms with E-state index >= 15 is 0 Å². The number of benzene rings is 1. The fourth-order valence-electron chi connectivity index (χ4n) is 1.56. The molecule has 1 aromatic carbocycles. The summed E-state index contributed by atoms with van der Waals surface area (Å²) in [7, 11) is 0. The molecule has 0 fully saturated rings. The number of amides is 1. The van der Waals surface area contributed by atoms with Crippen molar-refractivity contribution in [1.29, 1.82) is 0 Å². The van der Waals surface area contributed by atoms with Crippen molar-refractivity contribution in [3.05, 3.63) is 34.4 Å². The number of carbonyl (C=O) groups is 1. The molecule has 1 aliphatic heterocycles. The van der Waals surface area contributed by atoms with Gasteiger partial charge in [-0.1, -0.05) is 35.7 Å². The van der Waals surface area contributed by atoms with Crippen molar-refractivity contribution in [3.8, 4) is 0 Å². The summed E-state index contributed by atoms with van der Waals surface area (Å²) in [5, 5.41) is 13.1. The molecule has 1 aliphatic rings. The maximum atomic E-state index is 12.1. The third kappa shape index (κ3) is 3.73. The van der Waals surface area contributed by atoms with Gasteiger partial charge < -0.3 is 5.32 Å². The fraction of sp³-hybridized carbons (Fsp3) is 0.333. The quantitative estimate of drug-likeness (QED) is 0.682. The summed E-state index contributed by atoms with van der Waals surface area (Å²) in [6, 6.07) is 6.10. The molecular formula is C12H13N3O3S2. The molecule has 0 aliphatic carbocycles. The number of carbonyl (C=O) groups excluding carboxylic acids is 1. The number of nitrogens with one attached hydrogen (secondary N) is 1. The number of rotatable bonds is 4. The molecule has 1 heterocycles. The smallest absolute Gasteiger partial charge is 0.292 e. The molecule has 1 amide bonds. The number of nitro groups is 1. The second-order valence-corrected chi connectivity index (χ2v) is 6.69. The zero-order valence-corrected chi connectivity index (χ0v) is 12.4. The highest BCUT2D eigenvalue weighted by atomic mass is 32.2. The van der Waals surface area contributed by atoms with Crippen LogP contribution in [0.4, 0.5) is 11.4 Å². The second kappa shape index (κ2) is 6.76. The van der Waals surface area contributed by atoms with Crippen LogP contribution in [0.5, 0.6) is 0 Å². The number of hydrogen-bond donors (Lipinski definition) is 1. The molecule has 0 radical (unpaired) electrons. The highest BCUT2D eigenvalue weighted by Gasteiger charge is 2.21. The first-order valence-corrected chi connectivity index (χ1v) is 7.82. The Balaban J connectivity index is 2.02.